The number of benzene rings is 1. The maximum absolute atomic E-state index is 13.4. The Balaban J connectivity index is 2.05. The molecule has 2 aromatic rings. The summed E-state index contributed by atoms with van der Waals surface area (Å²) in [5.41, 5.74) is 2.91. The minimum absolute atomic E-state index is 0.00969. The summed E-state index contributed by atoms with van der Waals surface area (Å²) in [5, 5.41) is 0.746. The van der Waals surface area contributed by atoms with Gasteiger partial charge in [-0.05, 0) is 55.6 Å². The fourth-order valence-corrected chi connectivity index (χ4v) is 5.29. The number of hydrogen-bond donors (Lipinski definition) is 0. The lowest BCUT2D eigenvalue weighted by molar-refractivity contribution is -0.0327. The second-order valence-electron chi connectivity index (χ2n) is 9.31. The summed E-state index contributed by atoms with van der Waals surface area (Å²) >= 11 is 3.58. The zero-order chi connectivity index (χ0) is 20.9. The fourth-order valence-electron chi connectivity index (χ4n) is 3.43. The van der Waals surface area contributed by atoms with Gasteiger partial charge in [0, 0.05) is 11.1 Å². The van der Waals surface area contributed by atoms with Crippen molar-refractivity contribution >= 4 is 35.2 Å². The van der Waals surface area contributed by atoms with Crippen LogP contribution >= 0.6 is 15.9 Å². The molecule has 0 amide bonds. The smallest absolute Gasteiger partial charge is 0.261 e. The van der Waals surface area contributed by atoms with E-state index in [0.29, 0.717) is 18.6 Å². The van der Waals surface area contributed by atoms with Gasteiger partial charge in [0.15, 0.2) is 8.32 Å². The summed E-state index contributed by atoms with van der Waals surface area (Å²) in [5.74, 6) is 0. The minimum Gasteiger partial charge on any atom is -0.409 e. The van der Waals surface area contributed by atoms with Gasteiger partial charge >= 0.3 is 0 Å². The summed E-state index contributed by atoms with van der Waals surface area (Å²) in [6, 6.07) is 1.83. The van der Waals surface area contributed by atoms with Gasteiger partial charge in [0.1, 0.15) is 0 Å². The highest BCUT2D eigenvalue weighted by atomic mass is 79.9. The Morgan fingerprint density at radius 3 is 2.61 bits per heavy atom. The molecule has 0 aliphatic carbocycles. The van der Waals surface area contributed by atoms with Crippen molar-refractivity contribution < 1.29 is 9.16 Å². The summed E-state index contributed by atoms with van der Waals surface area (Å²) < 4.78 is 15.1. The zero-order valence-electron chi connectivity index (χ0n) is 17.9. The van der Waals surface area contributed by atoms with Gasteiger partial charge in [0.05, 0.1) is 36.0 Å². The highest BCUT2D eigenvalue weighted by molar-refractivity contribution is 9.10. The Kier molecular flexibility index (Phi) is 5.94. The first kappa shape index (κ1) is 21.7. The van der Waals surface area contributed by atoms with Gasteiger partial charge in [-0.25, -0.2) is 4.98 Å². The van der Waals surface area contributed by atoms with Gasteiger partial charge in [-0.3, -0.25) is 9.36 Å². The highest BCUT2D eigenvalue weighted by Gasteiger charge is 2.42. The van der Waals surface area contributed by atoms with Crippen LogP contribution in [-0.2, 0) is 9.16 Å². The van der Waals surface area contributed by atoms with Crippen LogP contribution in [0.4, 0.5) is 0 Å². The lowest BCUT2D eigenvalue weighted by atomic mass is 10.0. The second-order valence-corrected chi connectivity index (χ2v) is 14.9. The number of hydrogen-bond acceptors (Lipinski definition) is 4. The second kappa shape index (κ2) is 7.67. The summed E-state index contributed by atoms with van der Waals surface area (Å²) in [6.07, 6.45) is 2.31. The van der Waals surface area contributed by atoms with Crippen LogP contribution in [0.2, 0.25) is 18.1 Å². The van der Waals surface area contributed by atoms with Crippen molar-refractivity contribution in [2.75, 3.05) is 13.2 Å². The quantitative estimate of drug-likeness (QED) is 0.588. The molecule has 7 heteroatoms. The first-order valence-corrected chi connectivity index (χ1v) is 13.6. The van der Waals surface area contributed by atoms with Crippen molar-refractivity contribution in [2.45, 2.75) is 71.3 Å². The molecule has 0 unspecified atom stereocenters. The summed E-state index contributed by atoms with van der Waals surface area (Å²) in [4.78, 5) is 18.0. The summed E-state index contributed by atoms with van der Waals surface area (Å²) in [7, 11) is -1.99. The number of aromatic nitrogens is 2. The molecule has 0 N–H and O–H groups in total. The molecule has 3 rings (SSSR count). The van der Waals surface area contributed by atoms with Gasteiger partial charge in [0.25, 0.3) is 5.56 Å². The third-order valence-electron chi connectivity index (χ3n) is 6.46. The van der Waals surface area contributed by atoms with Crippen LogP contribution in [0.5, 0.6) is 0 Å². The van der Waals surface area contributed by atoms with E-state index in [0.717, 1.165) is 27.5 Å². The Hall–Kier alpha value is -1.02. The number of fused-ring (bicyclic) bond motifs is 1. The third kappa shape index (κ3) is 3.86. The van der Waals surface area contributed by atoms with Gasteiger partial charge in [0.2, 0.25) is 0 Å². The number of aryl methyl sites for hydroxylation is 1. The van der Waals surface area contributed by atoms with E-state index in [1.54, 1.807) is 10.9 Å². The molecule has 2 heterocycles. The van der Waals surface area contributed by atoms with Crippen LogP contribution in [0.1, 0.15) is 44.4 Å². The molecule has 0 saturated carbocycles. The Labute approximate surface area is 176 Å². The van der Waals surface area contributed by atoms with Crippen LogP contribution in [0.15, 0.2) is 21.7 Å². The van der Waals surface area contributed by atoms with Crippen LogP contribution < -0.4 is 5.56 Å². The molecule has 1 aliphatic heterocycles. The van der Waals surface area contributed by atoms with Crippen molar-refractivity contribution in [3.63, 3.8) is 0 Å². The molecule has 1 aromatic heterocycles. The fraction of sp³-hybridized carbons (Fsp3) is 0.619. The Bertz CT molecular complexity index is 949. The molecule has 0 bridgehead atoms. The number of halogens is 1. The van der Waals surface area contributed by atoms with E-state index in [1.165, 1.54) is 0 Å². The van der Waals surface area contributed by atoms with E-state index in [4.69, 9.17) is 9.16 Å². The van der Waals surface area contributed by atoms with Crippen molar-refractivity contribution in [1.29, 1.82) is 0 Å². The monoisotopic (exact) mass is 466 g/mol. The molecule has 1 aliphatic rings. The molecule has 154 valence electrons. The maximum Gasteiger partial charge on any atom is 0.261 e. The van der Waals surface area contributed by atoms with E-state index in [9.17, 15) is 4.79 Å². The molecule has 1 saturated heterocycles. The zero-order valence-corrected chi connectivity index (χ0v) is 20.5. The topological polar surface area (TPSA) is 53.4 Å². The minimum atomic E-state index is -1.99. The molecule has 1 aromatic carbocycles. The van der Waals surface area contributed by atoms with E-state index < -0.39 is 8.32 Å². The van der Waals surface area contributed by atoms with E-state index in [1.807, 2.05) is 19.9 Å². The normalized spacial score (nSPS) is 21.3. The van der Waals surface area contributed by atoms with Crippen LogP contribution in [0.3, 0.4) is 0 Å². The summed E-state index contributed by atoms with van der Waals surface area (Å²) in [6.45, 7) is 16.3. The number of nitrogens with zero attached hydrogens (tertiary/aromatic N) is 2. The van der Waals surface area contributed by atoms with Gasteiger partial charge < -0.3 is 9.16 Å². The average molecular weight is 467 g/mol. The molecule has 28 heavy (non-hydrogen) atoms. The predicted molar refractivity (Wildman–Crippen MR) is 120 cm³/mol. The van der Waals surface area contributed by atoms with Crippen LogP contribution in [0.25, 0.3) is 10.9 Å². The molecule has 5 nitrogen and oxygen atoms in total. The third-order valence-corrected chi connectivity index (χ3v) is 11.8. The van der Waals surface area contributed by atoms with E-state index in [2.05, 4.69) is 54.8 Å². The van der Waals surface area contributed by atoms with E-state index >= 15 is 0 Å². The molecule has 0 radical (unpaired) electrons. The Morgan fingerprint density at radius 2 is 1.96 bits per heavy atom. The van der Waals surface area contributed by atoms with Crippen LogP contribution in [0, 0.1) is 13.8 Å². The molecule has 1 fully saturated rings. The van der Waals surface area contributed by atoms with Gasteiger partial charge in [-0.2, -0.15) is 0 Å². The lowest BCUT2D eigenvalue weighted by Gasteiger charge is -2.43. The van der Waals surface area contributed by atoms with Gasteiger partial charge in [-0.1, -0.05) is 36.7 Å². The van der Waals surface area contributed by atoms with Crippen molar-refractivity contribution in [1.82, 2.24) is 9.55 Å². The van der Waals surface area contributed by atoms with Gasteiger partial charge in [-0.15, -0.1) is 0 Å². The molecule has 2 atom stereocenters. The Morgan fingerprint density at radius 1 is 1.29 bits per heavy atom. The standard InChI is InChI=1S/C21H31BrN2O3Si/c1-13-14(2)19-15(10-16(13)22)20(25)24(12-23-19)17-8-9-26-11-18(17)27-28(6,7)21(3,4)5/h10,12,17-18H,8-9,11H2,1-7H3/t17-,18-/m0/s1. The SMILES string of the molecule is Cc1c(Br)cc2c(=O)n([C@H]3CCOC[C@@H]3O[Si](C)(C)C(C)(C)C)cnc2c1C. The van der Waals surface area contributed by atoms with Crippen molar-refractivity contribution in [3.8, 4) is 0 Å². The predicted octanol–water partition coefficient (Wildman–Crippen LogP) is 5.13. The number of rotatable bonds is 3. The molecular weight excluding hydrogens is 436 g/mol. The first-order valence-electron chi connectivity index (χ1n) is 9.86. The van der Waals surface area contributed by atoms with Crippen LogP contribution in [-0.4, -0.2) is 37.2 Å². The molecular formula is C21H31BrN2O3Si. The molecule has 0 spiro atoms. The highest BCUT2D eigenvalue weighted by Crippen LogP contribution is 2.39. The number of ether oxygens (including phenoxy) is 1. The first-order chi connectivity index (χ1) is 12.9. The average Bonchev–Trinajstić information content (AvgIpc) is 2.60. The van der Waals surface area contributed by atoms with E-state index in [-0.39, 0.29) is 22.7 Å². The van der Waals surface area contributed by atoms with Crippen molar-refractivity contribution in [3.05, 3.63) is 38.3 Å². The van der Waals surface area contributed by atoms with Crippen molar-refractivity contribution in [2.24, 2.45) is 0 Å². The largest absolute Gasteiger partial charge is 0.409 e. The lowest BCUT2D eigenvalue weighted by Crippen LogP contribution is -2.50. The maximum atomic E-state index is 13.4.